The van der Waals surface area contributed by atoms with Gasteiger partial charge in [0.05, 0.1) is 12.8 Å². The molecule has 162 valence electrons. The monoisotopic (exact) mass is 431 g/mol. The van der Waals surface area contributed by atoms with Gasteiger partial charge < -0.3 is 15.1 Å². The summed E-state index contributed by atoms with van der Waals surface area (Å²) in [6, 6.07) is 17.2. The van der Waals surface area contributed by atoms with E-state index in [2.05, 4.69) is 10.6 Å². The summed E-state index contributed by atoms with van der Waals surface area (Å²) in [4.78, 5) is 49.1. The third kappa shape index (κ3) is 4.92. The molecule has 0 saturated carbocycles. The molecule has 1 aliphatic heterocycles. The summed E-state index contributed by atoms with van der Waals surface area (Å²) in [6.45, 7) is 0.548. The summed E-state index contributed by atoms with van der Waals surface area (Å²) < 4.78 is 5.06. The van der Waals surface area contributed by atoms with E-state index >= 15 is 0 Å². The SMILES string of the molecule is O=C(NCc1ccc(NC(=O)c2ccco2)cc1)c1ccc(CN2C(=O)CCC2=O)cc1. The minimum atomic E-state index is -0.335. The lowest BCUT2D eigenvalue weighted by Crippen LogP contribution is -2.28. The van der Waals surface area contributed by atoms with E-state index in [4.69, 9.17) is 4.42 Å². The maximum absolute atomic E-state index is 12.4. The molecule has 0 unspecified atom stereocenters. The van der Waals surface area contributed by atoms with Crippen molar-refractivity contribution in [2.45, 2.75) is 25.9 Å². The highest BCUT2D eigenvalue weighted by molar-refractivity contribution is 6.02. The first-order valence-electron chi connectivity index (χ1n) is 10.1. The lowest BCUT2D eigenvalue weighted by atomic mass is 10.1. The molecule has 1 fully saturated rings. The van der Waals surface area contributed by atoms with Crippen LogP contribution in [0, 0.1) is 0 Å². The molecule has 2 N–H and O–H groups in total. The molecule has 3 aromatic rings. The fraction of sp³-hybridized carbons (Fsp3) is 0.167. The number of furan rings is 1. The second kappa shape index (κ2) is 9.30. The molecular formula is C24H21N3O5. The number of rotatable bonds is 7. The molecule has 0 bridgehead atoms. The number of hydrogen-bond donors (Lipinski definition) is 2. The molecule has 0 atom stereocenters. The first-order valence-corrected chi connectivity index (χ1v) is 10.1. The first kappa shape index (κ1) is 21.0. The fourth-order valence-corrected chi connectivity index (χ4v) is 3.33. The number of hydrogen-bond acceptors (Lipinski definition) is 5. The fourth-order valence-electron chi connectivity index (χ4n) is 3.33. The van der Waals surface area contributed by atoms with Crippen molar-refractivity contribution in [3.63, 3.8) is 0 Å². The van der Waals surface area contributed by atoms with Gasteiger partial charge in [-0.15, -0.1) is 0 Å². The minimum Gasteiger partial charge on any atom is -0.459 e. The van der Waals surface area contributed by atoms with Crippen LogP contribution < -0.4 is 10.6 Å². The molecule has 0 radical (unpaired) electrons. The molecule has 2 heterocycles. The minimum absolute atomic E-state index is 0.164. The number of nitrogens with zero attached hydrogens (tertiary/aromatic N) is 1. The van der Waals surface area contributed by atoms with E-state index in [0.29, 0.717) is 17.8 Å². The van der Waals surface area contributed by atoms with Gasteiger partial charge in [0, 0.05) is 30.6 Å². The van der Waals surface area contributed by atoms with Crippen LogP contribution in [0.5, 0.6) is 0 Å². The molecule has 4 amide bonds. The first-order chi connectivity index (χ1) is 15.5. The Morgan fingerprint density at radius 1 is 0.844 bits per heavy atom. The molecule has 1 saturated heterocycles. The van der Waals surface area contributed by atoms with Crippen molar-refractivity contribution in [3.05, 3.63) is 89.4 Å². The number of anilines is 1. The van der Waals surface area contributed by atoms with E-state index in [1.165, 1.54) is 11.2 Å². The van der Waals surface area contributed by atoms with Gasteiger partial charge >= 0.3 is 0 Å². The van der Waals surface area contributed by atoms with E-state index in [9.17, 15) is 19.2 Å². The van der Waals surface area contributed by atoms with Gasteiger partial charge in [0.2, 0.25) is 11.8 Å². The van der Waals surface area contributed by atoms with E-state index in [1.54, 1.807) is 48.5 Å². The van der Waals surface area contributed by atoms with Gasteiger partial charge in [0.25, 0.3) is 11.8 Å². The molecule has 1 aromatic heterocycles. The van der Waals surface area contributed by atoms with Crippen LogP contribution in [-0.2, 0) is 22.7 Å². The van der Waals surface area contributed by atoms with E-state index < -0.39 is 0 Å². The predicted molar refractivity (Wildman–Crippen MR) is 116 cm³/mol. The zero-order valence-electron chi connectivity index (χ0n) is 17.2. The van der Waals surface area contributed by atoms with Gasteiger partial charge in [0.1, 0.15) is 0 Å². The Morgan fingerprint density at radius 3 is 2.12 bits per heavy atom. The van der Waals surface area contributed by atoms with Crippen LogP contribution in [0.15, 0.2) is 71.3 Å². The standard InChI is InChI=1S/C24H21N3O5/c28-21-11-12-22(29)27(21)15-17-3-7-18(8-4-17)23(30)25-14-16-5-9-19(10-6-16)26-24(31)20-2-1-13-32-20/h1-10,13H,11-12,14-15H2,(H,25,30)(H,26,31). The number of likely N-dealkylation sites (tertiary alicyclic amines) is 1. The van der Waals surface area contributed by atoms with Gasteiger partial charge in [-0.2, -0.15) is 0 Å². The Balaban J connectivity index is 1.28. The molecule has 32 heavy (non-hydrogen) atoms. The average molecular weight is 431 g/mol. The third-order valence-corrected chi connectivity index (χ3v) is 5.12. The zero-order chi connectivity index (χ0) is 22.5. The van der Waals surface area contributed by atoms with E-state index in [1.807, 2.05) is 12.1 Å². The topological polar surface area (TPSA) is 109 Å². The molecule has 1 aliphatic rings. The van der Waals surface area contributed by atoms with Crippen LogP contribution in [-0.4, -0.2) is 28.5 Å². The van der Waals surface area contributed by atoms with Gasteiger partial charge in [-0.3, -0.25) is 24.1 Å². The normalized spacial score (nSPS) is 13.3. The number of benzene rings is 2. The van der Waals surface area contributed by atoms with E-state index in [0.717, 1.165) is 11.1 Å². The highest BCUT2D eigenvalue weighted by atomic mass is 16.3. The van der Waals surface area contributed by atoms with Crippen LogP contribution >= 0.6 is 0 Å². The van der Waals surface area contributed by atoms with Crippen LogP contribution in [0.25, 0.3) is 0 Å². The van der Waals surface area contributed by atoms with Gasteiger partial charge in [-0.25, -0.2) is 0 Å². The van der Waals surface area contributed by atoms with Crippen LogP contribution in [0.2, 0.25) is 0 Å². The van der Waals surface area contributed by atoms with Gasteiger partial charge in [-0.05, 0) is 47.5 Å². The molecule has 2 aromatic carbocycles. The third-order valence-electron chi connectivity index (χ3n) is 5.12. The summed E-state index contributed by atoms with van der Waals surface area (Å²) in [5.74, 6) is -0.671. The van der Waals surface area contributed by atoms with Crippen molar-refractivity contribution in [3.8, 4) is 0 Å². The smallest absolute Gasteiger partial charge is 0.291 e. The molecular weight excluding hydrogens is 410 g/mol. The van der Waals surface area contributed by atoms with Gasteiger partial charge in [-0.1, -0.05) is 24.3 Å². The zero-order valence-corrected chi connectivity index (χ0v) is 17.2. The number of carbonyl (C=O) groups excluding carboxylic acids is 4. The Kier molecular flexibility index (Phi) is 6.12. The van der Waals surface area contributed by atoms with Crippen molar-refractivity contribution in [2.75, 3.05) is 5.32 Å². The van der Waals surface area contributed by atoms with Crippen molar-refractivity contribution in [1.29, 1.82) is 0 Å². The van der Waals surface area contributed by atoms with Gasteiger partial charge in [0.15, 0.2) is 5.76 Å². The largest absolute Gasteiger partial charge is 0.459 e. The highest BCUT2D eigenvalue weighted by Crippen LogP contribution is 2.16. The predicted octanol–water partition coefficient (Wildman–Crippen LogP) is 3.11. The summed E-state index contributed by atoms with van der Waals surface area (Å²) >= 11 is 0. The molecule has 0 spiro atoms. The van der Waals surface area contributed by atoms with Crippen molar-refractivity contribution in [1.82, 2.24) is 10.2 Å². The number of imide groups is 1. The maximum atomic E-state index is 12.4. The van der Waals surface area contributed by atoms with Crippen molar-refractivity contribution >= 4 is 29.3 Å². The lowest BCUT2D eigenvalue weighted by Gasteiger charge is -2.14. The second-order valence-corrected chi connectivity index (χ2v) is 7.38. The summed E-state index contributed by atoms with van der Waals surface area (Å²) in [5, 5.41) is 5.58. The summed E-state index contributed by atoms with van der Waals surface area (Å²) in [5.41, 5.74) is 2.76. The van der Waals surface area contributed by atoms with Crippen LogP contribution in [0.3, 0.4) is 0 Å². The van der Waals surface area contributed by atoms with Crippen LogP contribution in [0.4, 0.5) is 5.69 Å². The molecule has 8 heteroatoms. The quantitative estimate of drug-likeness (QED) is 0.559. The summed E-state index contributed by atoms with van der Waals surface area (Å²) in [7, 11) is 0. The Bertz CT molecular complexity index is 1120. The average Bonchev–Trinajstić information content (AvgIpc) is 3.45. The molecule has 4 rings (SSSR count). The van der Waals surface area contributed by atoms with E-state index in [-0.39, 0.29) is 48.8 Å². The van der Waals surface area contributed by atoms with Crippen LogP contribution in [0.1, 0.15) is 44.9 Å². The number of carbonyl (C=O) groups is 4. The molecule has 8 nitrogen and oxygen atoms in total. The maximum Gasteiger partial charge on any atom is 0.291 e. The Morgan fingerprint density at radius 2 is 1.50 bits per heavy atom. The second-order valence-electron chi connectivity index (χ2n) is 7.38. The highest BCUT2D eigenvalue weighted by Gasteiger charge is 2.28. The number of nitrogens with one attached hydrogen (secondary N) is 2. The molecule has 0 aliphatic carbocycles. The summed E-state index contributed by atoms with van der Waals surface area (Å²) in [6.07, 6.45) is 1.96. The van der Waals surface area contributed by atoms with Crippen molar-refractivity contribution in [2.24, 2.45) is 0 Å². The Hall–Kier alpha value is -4.20. The lowest BCUT2D eigenvalue weighted by molar-refractivity contribution is -0.139. The number of amides is 4. The van der Waals surface area contributed by atoms with Crippen molar-refractivity contribution < 1.29 is 23.6 Å². The Labute approximate surface area is 184 Å².